The lowest BCUT2D eigenvalue weighted by Crippen LogP contribution is -2.35. The van der Waals surface area contributed by atoms with Gasteiger partial charge in [-0.05, 0) is 82.5 Å². The van der Waals surface area contributed by atoms with Crippen LogP contribution >= 0.6 is 12.2 Å². The number of hydrogen-bond donors (Lipinski definition) is 0. The van der Waals surface area contributed by atoms with Crippen LogP contribution in [0.5, 0.6) is 0 Å². The van der Waals surface area contributed by atoms with E-state index in [0.717, 1.165) is 54.4 Å². The molecule has 0 bridgehead atoms. The van der Waals surface area contributed by atoms with Gasteiger partial charge in [0.15, 0.2) is 17.3 Å². The first-order chi connectivity index (χ1) is 16.4. The van der Waals surface area contributed by atoms with Crippen molar-refractivity contribution in [3.05, 3.63) is 70.8 Å². The van der Waals surface area contributed by atoms with Crippen LogP contribution in [0.25, 0.3) is 16.8 Å². The number of benzene rings is 2. The molecule has 0 spiro atoms. The van der Waals surface area contributed by atoms with Gasteiger partial charge in [-0.3, -0.25) is 14.4 Å². The van der Waals surface area contributed by atoms with Gasteiger partial charge in [-0.25, -0.2) is 14.1 Å². The van der Waals surface area contributed by atoms with Gasteiger partial charge in [0.05, 0.1) is 12.7 Å². The zero-order valence-electron chi connectivity index (χ0n) is 19.7. The molecular weight excluding hydrogens is 451 g/mol. The Morgan fingerprint density at radius 2 is 1.82 bits per heavy atom. The van der Waals surface area contributed by atoms with Crippen LogP contribution in [0.1, 0.15) is 43.4 Å². The SMILES string of the molecule is C[C@H](c1nn(CN2CCC(c3nc4ccccc4o3)CC2)c(=S)n1-c1ccc(F)cc1)N(C)C. The molecular formula is C25H29FN6OS. The van der Waals surface area contributed by atoms with Gasteiger partial charge in [0, 0.05) is 24.7 Å². The van der Waals surface area contributed by atoms with Crippen molar-refractivity contribution in [3.63, 3.8) is 0 Å². The summed E-state index contributed by atoms with van der Waals surface area (Å²) < 4.78 is 24.0. The third kappa shape index (κ3) is 4.43. The fraction of sp³-hybridized carbons (Fsp3) is 0.400. The smallest absolute Gasteiger partial charge is 0.203 e. The number of hydrogen-bond acceptors (Lipinski definition) is 6. The largest absolute Gasteiger partial charge is 0.440 e. The summed E-state index contributed by atoms with van der Waals surface area (Å²) in [6.45, 7) is 4.52. The molecule has 1 fully saturated rings. The van der Waals surface area contributed by atoms with Crippen molar-refractivity contribution in [2.24, 2.45) is 0 Å². The van der Waals surface area contributed by atoms with Crippen molar-refractivity contribution in [1.29, 1.82) is 0 Å². The Morgan fingerprint density at radius 1 is 1.12 bits per heavy atom. The Kier molecular flexibility index (Phi) is 6.33. The molecule has 34 heavy (non-hydrogen) atoms. The van der Waals surface area contributed by atoms with E-state index in [0.29, 0.717) is 17.4 Å². The molecule has 0 saturated carbocycles. The molecule has 0 radical (unpaired) electrons. The third-order valence-corrected chi connectivity index (χ3v) is 7.07. The Balaban J connectivity index is 1.35. The number of rotatable bonds is 6. The van der Waals surface area contributed by atoms with Crippen molar-refractivity contribution in [2.75, 3.05) is 27.2 Å². The molecule has 1 aliphatic heterocycles. The minimum absolute atomic E-state index is 0.0397. The van der Waals surface area contributed by atoms with E-state index < -0.39 is 0 Å². The molecule has 0 unspecified atom stereocenters. The van der Waals surface area contributed by atoms with E-state index in [4.69, 9.17) is 26.7 Å². The predicted molar refractivity (Wildman–Crippen MR) is 132 cm³/mol. The third-order valence-electron chi connectivity index (χ3n) is 6.68. The standard InChI is InChI=1S/C25H29FN6OS/c1-17(29(2)3)23-28-31(25(34)32(23)20-10-8-19(26)9-11-20)16-30-14-12-18(13-15-30)24-27-21-6-4-5-7-22(21)33-24/h4-11,17-18H,12-16H2,1-3H3/t17-/m1/s1. The van der Waals surface area contributed by atoms with E-state index in [1.807, 2.05) is 47.6 Å². The number of piperidine rings is 1. The number of fused-ring (bicyclic) bond motifs is 1. The highest BCUT2D eigenvalue weighted by Crippen LogP contribution is 2.30. The Labute approximate surface area is 203 Å². The van der Waals surface area contributed by atoms with E-state index >= 15 is 0 Å². The maximum atomic E-state index is 13.5. The van der Waals surface area contributed by atoms with E-state index in [2.05, 4.69) is 16.7 Å². The van der Waals surface area contributed by atoms with Crippen LogP contribution in [0.15, 0.2) is 52.9 Å². The van der Waals surface area contributed by atoms with Gasteiger partial charge in [-0.1, -0.05) is 12.1 Å². The van der Waals surface area contributed by atoms with Crippen LogP contribution in [0.2, 0.25) is 0 Å². The highest BCUT2D eigenvalue weighted by molar-refractivity contribution is 7.71. The van der Waals surface area contributed by atoms with E-state index in [9.17, 15) is 4.39 Å². The highest BCUT2D eigenvalue weighted by atomic mass is 32.1. The first-order valence-electron chi connectivity index (χ1n) is 11.6. The molecule has 0 N–H and O–H groups in total. The number of aromatic nitrogens is 4. The van der Waals surface area contributed by atoms with Crippen LogP contribution in [-0.2, 0) is 6.67 Å². The summed E-state index contributed by atoms with van der Waals surface area (Å²) in [6.07, 6.45) is 1.94. The molecule has 1 aliphatic rings. The summed E-state index contributed by atoms with van der Waals surface area (Å²) in [4.78, 5) is 9.15. The Bertz CT molecular complexity index is 1300. The Hall–Kier alpha value is -2.88. The topological polar surface area (TPSA) is 55.3 Å². The van der Waals surface area contributed by atoms with Gasteiger partial charge in [0.25, 0.3) is 0 Å². The molecule has 9 heteroatoms. The molecule has 7 nitrogen and oxygen atoms in total. The monoisotopic (exact) mass is 480 g/mol. The zero-order chi connectivity index (χ0) is 23.8. The second kappa shape index (κ2) is 9.40. The summed E-state index contributed by atoms with van der Waals surface area (Å²) in [7, 11) is 4.03. The molecule has 1 saturated heterocycles. The van der Waals surface area contributed by atoms with Gasteiger partial charge in [0.2, 0.25) is 4.77 Å². The average Bonchev–Trinajstić information content (AvgIpc) is 3.41. The molecule has 1 atom stereocenters. The average molecular weight is 481 g/mol. The van der Waals surface area contributed by atoms with Crippen molar-refractivity contribution < 1.29 is 8.81 Å². The molecule has 0 aliphatic carbocycles. The number of nitrogens with zero attached hydrogens (tertiary/aromatic N) is 6. The number of likely N-dealkylation sites (tertiary alicyclic amines) is 1. The second-order valence-electron chi connectivity index (χ2n) is 9.15. The van der Waals surface area contributed by atoms with Crippen LogP contribution in [0.3, 0.4) is 0 Å². The second-order valence-corrected chi connectivity index (χ2v) is 9.51. The minimum atomic E-state index is -0.272. The van der Waals surface area contributed by atoms with Crippen molar-refractivity contribution in [3.8, 4) is 5.69 Å². The molecule has 178 valence electrons. The molecule has 0 amide bonds. The fourth-order valence-corrected chi connectivity index (χ4v) is 4.72. The molecule has 5 rings (SSSR count). The van der Waals surface area contributed by atoms with Crippen LogP contribution < -0.4 is 0 Å². The maximum Gasteiger partial charge on any atom is 0.203 e. The van der Waals surface area contributed by atoms with E-state index in [1.54, 1.807) is 12.1 Å². The summed E-state index contributed by atoms with van der Waals surface area (Å²) in [5.74, 6) is 1.72. The quantitative estimate of drug-likeness (QED) is 0.356. The first kappa shape index (κ1) is 22.9. The number of oxazole rings is 1. The minimum Gasteiger partial charge on any atom is -0.440 e. The van der Waals surface area contributed by atoms with Crippen molar-refractivity contribution in [1.82, 2.24) is 29.1 Å². The maximum absolute atomic E-state index is 13.5. The van der Waals surface area contributed by atoms with Crippen LogP contribution in [0, 0.1) is 10.6 Å². The van der Waals surface area contributed by atoms with Crippen molar-refractivity contribution >= 4 is 23.3 Å². The first-order valence-corrected chi connectivity index (χ1v) is 12.0. The van der Waals surface area contributed by atoms with Gasteiger partial charge >= 0.3 is 0 Å². The molecule has 2 aromatic heterocycles. The predicted octanol–water partition coefficient (Wildman–Crippen LogP) is 5.14. The van der Waals surface area contributed by atoms with Gasteiger partial charge in [0.1, 0.15) is 11.3 Å². The zero-order valence-corrected chi connectivity index (χ0v) is 20.5. The molecule has 2 aromatic carbocycles. The lowest BCUT2D eigenvalue weighted by Gasteiger charge is -2.30. The van der Waals surface area contributed by atoms with Gasteiger partial charge in [-0.2, -0.15) is 5.10 Å². The molecule has 4 aromatic rings. The lowest BCUT2D eigenvalue weighted by molar-refractivity contribution is 0.152. The van der Waals surface area contributed by atoms with Crippen LogP contribution in [-0.4, -0.2) is 56.3 Å². The molecule has 3 heterocycles. The Morgan fingerprint density at radius 3 is 2.50 bits per heavy atom. The lowest BCUT2D eigenvalue weighted by atomic mass is 9.97. The van der Waals surface area contributed by atoms with Gasteiger partial charge < -0.3 is 4.42 Å². The summed E-state index contributed by atoms with van der Waals surface area (Å²) in [5.41, 5.74) is 2.58. The van der Waals surface area contributed by atoms with E-state index in [-0.39, 0.29) is 11.9 Å². The van der Waals surface area contributed by atoms with E-state index in [1.165, 1.54) is 12.1 Å². The van der Waals surface area contributed by atoms with Gasteiger partial charge in [-0.15, -0.1) is 0 Å². The van der Waals surface area contributed by atoms with Crippen molar-refractivity contribution in [2.45, 2.75) is 38.4 Å². The van der Waals surface area contributed by atoms with Crippen LogP contribution in [0.4, 0.5) is 4.39 Å². The summed E-state index contributed by atoms with van der Waals surface area (Å²) in [6, 6.07) is 14.3. The summed E-state index contributed by atoms with van der Waals surface area (Å²) >= 11 is 5.84. The highest BCUT2D eigenvalue weighted by Gasteiger charge is 2.26. The summed E-state index contributed by atoms with van der Waals surface area (Å²) in [5, 5.41) is 4.90. The number of halogens is 1. The number of para-hydroxylation sites is 2. The normalized spacial score (nSPS) is 16.5. The fourth-order valence-electron chi connectivity index (χ4n) is 4.43.